The topological polar surface area (TPSA) is 82.5 Å². The van der Waals surface area contributed by atoms with E-state index in [9.17, 15) is 4.79 Å². The van der Waals surface area contributed by atoms with Gasteiger partial charge in [-0.25, -0.2) is 4.68 Å². The summed E-state index contributed by atoms with van der Waals surface area (Å²) in [6, 6.07) is 10.9. The maximum absolute atomic E-state index is 12.1. The summed E-state index contributed by atoms with van der Waals surface area (Å²) in [5, 5.41) is 22.1. The molecule has 2 rings (SSSR count). The highest BCUT2D eigenvalue weighted by atomic mass is 16.1. The lowest BCUT2D eigenvalue weighted by molar-refractivity contribution is 0.622. The van der Waals surface area contributed by atoms with E-state index in [0.29, 0.717) is 16.8 Å². The fraction of sp³-hybridized carbons (Fsp3) is 0.200. The third-order valence-electron chi connectivity index (χ3n) is 3.14. The first-order valence-electron chi connectivity index (χ1n) is 6.04. The molecule has 0 fully saturated rings. The molecule has 0 aliphatic heterocycles. The van der Waals surface area contributed by atoms with E-state index in [1.165, 1.54) is 4.68 Å². The first kappa shape index (κ1) is 13.5. The molecule has 1 aromatic carbocycles. The number of hydrogen-bond donors (Lipinski definition) is 0. The van der Waals surface area contributed by atoms with Gasteiger partial charge >= 0.3 is 0 Å². The summed E-state index contributed by atoms with van der Waals surface area (Å²) >= 11 is 0. The molecule has 0 saturated carbocycles. The van der Waals surface area contributed by atoms with Crippen LogP contribution in [-0.4, -0.2) is 9.78 Å². The van der Waals surface area contributed by atoms with Crippen molar-refractivity contribution in [3.8, 4) is 12.1 Å². The van der Waals surface area contributed by atoms with Crippen LogP contribution in [0.5, 0.6) is 0 Å². The first-order valence-corrected chi connectivity index (χ1v) is 6.04. The Labute approximate surface area is 116 Å². The summed E-state index contributed by atoms with van der Waals surface area (Å²) < 4.78 is 1.26. The normalized spacial score (nSPS) is 9.80. The van der Waals surface area contributed by atoms with Crippen molar-refractivity contribution in [1.29, 1.82) is 10.5 Å². The molecule has 1 heterocycles. The van der Waals surface area contributed by atoms with Gasteiger partial charge in [-0.3, -0.25) is 4.79 Å². The van der Waals surface area contributed by atoms with E-state index in [2.05, 4.69) is 11.2 Å². The molecule has 0 saturated heterocycles. The summed E-state index contributed by atoms with van der Waals surface area (Å²) in [4.78, 5) is 12.1. The van der Waals surface area contributed by atoms with Crippen LogP contribution in [0.4, 0.5) is 0 Å². The highest BCUT2D eigenvalue weighted by Gasteiger charge is 2.11. The molecule has 98 valence electrons. The molecule has 0 amide bonds. The van der Waals surface area contributed by atoms with Crippen molar-refractivity contribution in [3.05, 3.63) is 62.6 Å². The Morgan fingerprint density at radius 1 is 1.25 bits per heavy atom. The fourth-order valence-corrected chi connectivity index (χ4v) is 1.92. The average molecular weight is 264 g/mol. The maximum Gasteiger partial charge on any atom is 0.285 e. The van der Waals surface area contributed by atoms with Gasteiger partial charge in [-0.1, -0.05) is 12.1 Å². The third-order valence-corrected chi connectivity index (χ3v) is 3.14. The van der Waals surface area contributed by atoms with Gasteiger partial charge in [0.2, 0.25) is 0 Å². The van der Waals surface area contributed by atoms with Crippen LogP contribution in [0.25, 0.3) is 0 Å². The van der Waals surface area contributed by atoms with E-state index in [-0.39, 0.29) is 12.1 Å². The molecule has 20 heavy (non-hydrogen) atoms. The number of benzene rings is 1. The van der Waals surface area contributed by atoms with Crippen LogP contribution in [-0.2, 0) is 6.54 Å². The molecule has 0 bridgehead atoms. The van der Waals surface area contributed by atoms with Crippen LogP contribution in [0.1, 0.15) is 27.9 Å². The van der Waals surface area contributed by atoms with Crippen molar-refractivity contribution >= 4 is 0 Å². The van der Waals surface area contributed by atoms with E-state index in [1.54, 1.807) is 32.0 Å². The second-order valence-corrected chi connectivity index (χ2v) is 4.47. The number of rotatable bonds is 2. The zero-order valence-electron chi connectivity index (χ0n) is 11.2. The SMILES string of the molecule is Cc1nn(Cc2cccc(C#N)c2)c(=O)c(C#N)c1C. The van der Waals surface area contributed by atoms with Crippen LogP contribution < -0.4 is 5.56 Å². The van der Waals surface area contributed by atoms with Crippen molar-refractivity contribution in [2.24, 2.45) is 0 Å². The Bertz CT molecular complexity index is 806. The lowest BCUT2D eigenvalue weighted by atomic mass is 10.1. The minimum absolute atomic E-state index is 0.119. The molecule has 2 aromatic rings. The molecule has 0 unspecified atom stereocenters. The Hall–Kier alpha value is -2.92. The Morgan fingerprint density at radius 2 is 2.00 bits per heavy atom. The van der Waals surface area contributed by atoms with Crippen molar-refractivity contribution in [1.82, 2.24) is 9.78 Å². The van der Waals surface area contributed by atoms with Gasteiger partial charge in [0.25, 0.3) is 5.56 Å². The summed E-state index contributed by atoms with van der Waals surface area (Å²) in [6.45, 7) is 3.71. The van der Waals surface area contributed by atoms with Crippen LogP contribution in [0.3, 0.4) is 0 Å². The molecule has 1 aromatic heterocycles. The van der Waals surface area contributed by atoms with E-state index >= 15 is 0 Å². The molecule has 0 spiro atoms. The second-order valence-electron chi connectivity index (χ2n) is 4.47. The Balaban J connectivity index is 2.50. The summed E-state index contributed by atoms with van der Waals surface area (Å²) in [5.74, 6) is 0. The highest BCUT2D eigenvalue weighted by molar-refractivity contribution is 5.37. The largest absolute Gasteiger partial charge is 0.285 e. The number of nitrogens with zero attached hydrogens (tertiary/aromatic N) is 4. The zero-order valence-corrected chi connectivity index (χ0v) is 11.2. The highest BCUT2D eigenvalue weighted by Crippen LogP contribution is 2.08. The van der Waals surface area contributed by atoms with Gasteiger partial charge in [0.1, 0.15) is 11.6 Å². The van der Waals surface area contributed by atoms with E-state index < -0.39 is 5.56 Å². The minimum atomic E-state index is -0.405. The molecular formula is C15H12N4O. The summed E-state index contributed by atoms with van der Waals surface area (Å²) in [6.07, 6.45) is 0. The summed E-state index contributed by atoms with van der Waals surface area (Å²) in [5.41, 5.74) is 2.30. The monoisotopic (exact) mass is 264 g/mol. The smallest absolute Gasteiger partial charge is 0.266 e. The molecule has 5 nitrogen and oxygen atoms in total. The third kappa shape index (κ3) is 2.43. The minimum Gasteiger partial charge on any atom is -0.266 e. The molecular weight excluding hydrogens is 252 g/mol. The Kier molecular flexibility index (Phi) is 3.63. The number of hydrogen-bond acceptors (Lipinski definition) is 4. The van der Waals surface area contributed by atoms with Gasteiger partial charge < -0.3 is 0 Å². The average Bonchev–Trinajstić information content (AvgIpc) is 2.45. The number of aryl methyl sites for hydroxylation is 1. The summed E-state index contributed by atoms with van der Waals surface area (Å²) in [7, 11) is 0. The van der Waals surface area contributed by atoms with Crippen molar-refractivity contribution in [2.75, 3.05) is 0 Å². The van der Waals surface area contributed by atoms with Gasteiger partial charge in [0.05, 0.1) is 23.9 Å². The molecule has 0 radical (unpaired) electrons. The molecule has 0 aliphatic carbocycles. The lowest BCUT2D eigenvalue weighted by Crippen LogP contribution is -2.28. The lowest BCUT2D eigenvalue weighted by Gasteiger charge is -2.09. The number of nitriles is 2. The molecule has 0 atom stereocenters. The van der Waals surface area contributed by atoms with Crippen LogP contribution in [0.15, 0.2) is 29.1 Å². The van der Waals surface area contributed by atoms with Gasteiger partial charge in [-0.15, -0.1) is 0 Å². The zero-order chi connectivity index (χ0) is 14.7. The van der Waals surface area contributed by atoms with Crippen LogP contribution in [0.2, 0.25) is 0 Å². The van der Waals surface area contributed by atoms with Crippen LogP contribution >= 0.6 is 0 Å². The predicted molar refractivity (Wildman–Crippen MR) is 72.9 cm³/mol. The van der Waals surface area contributed by atoms with Gasteiger partial charge in [0.15, 0.2) is 0 Å². The van der Waals surface area contributed by atoms with Crippen molar-refractivity contribution < 1.29 is 0 Å². The van der Waals surface area contributed by atoms with E-state index in [0.717, 1.165) is 5.56 Å². The molecule has 0 N–H and O–H groups in total. The molecule has 5 heteroatoms. The van der Waals surface area contributed by atoms with E-state index in [1.807, 2.05) is 12.1 Å². The van der Waals surface area contributed by atoms with Gasteiger partial charge in [-0.05, 0) is 37.1 Å². The van der Waals surface area contributed by atoms with E-state index in [4.69, 9.17) is 10.5 Å². The van der Waals surface area contributed by atoms with Gasteiger partial charge in [-0.2, -0.15) is 15.6 Å². The number of aromatic nitrogens is 2. The van der Waals surface area contributed by atoms with Crippen LogP contribution in [0, 0.1) is 36.5 Å². The Morgan fingerprint density at radius 3 is 2.65 bits per heavy atom. The second kappa shape index (κ2) is 5.38. The first-order chi connectivity index (χ1) is 9.56. The van der Waals surface area contributed by atoms with Gasteiger partial charge in [0, 0.05) is 0 Å². The standard InChI is InChI=1S/C15H12N4O/c1-10-11(2)18-19(15(20)14(10)8-17)9-13-5-3-4-12(6-13)7-16/h3-6H,9H2,1-2H3. The predicted octanol–water partition coefficient (Wildman–Crippen LogP) is 1.65. The fourth-order valence-electron chi connectivity index (χ4n) is 1.92. The van der Waals surface area contributed by atoms with Crippen molar-refractivity contribution in [3.63, 3.8) is 0 Å². The van der Waals surface area contributed by atoms with Crippen molar-refractivity contribution in [2.45, 2.75) is 20.4 Å². The molecule has 0 aliphatic rings. The maximum atomic E-state index is 12.1. The quantitative estimate of drug-likeness (QED) is 0.825.